The van der Waals surface area contributed by atoms with Gasteiger partial charge in [-0.1, -0.05) is 43.0 Å². The summed E-state index contributed by atoms with van der Waals surface area (Å²) < 4.78 is 25.5. The molecule has 0 aliphatic heterocycles. The maximum atomic E-state index is 13.2. The summed E-state index contributed by atoms with van der Waals surface area (Å²) in [7, 11) is 0. The van der Waals surface area contributed by atoms with Gasteiger partial charge in [-0.25, -0.2) is 8.78 Å². The molecule has 2 aliphatic rings. The number of hydrogen-bond donors (Lipinski definition) is 3. The maximum Gasteiger partial charge on any atom is 0.316 e. The van der Waals surface area contributed by atoms with E-state index in [0.717, 1.165) is 5.57 Å². The number of unbranched alkanes of at least 4 members (excludes halogenated alkanes) is 1. The molecule has 36 heavy (non-hydrogen) atoms. The molecule has 192 valence electrons. The average molecular weight is 516 g/mol. The molecule has 0 saturated carbocycles. The second-order valence-corrected chi connectivity index (χ2v) is 8.76. The van der Waals surface area contributed by atoms with Gasteiger partial charge in [0.1, 0.15) is 6.17 Å². The van der Waals surface area contributed by atoms with Gasteiger partial charge in [-0.05, 0) is 49.0 Å². The summed E-state index contributed by atoms with van der Waals surface area (Å²) in [6.07, 6.45) is 17.6. The van der Waals surface area contributed by atoms with Crippen LogP contribution in [0.3, 0.4) is 0 Å². The lowest BCUT2D eigenvalue weighted by Crippen LogP contribution is -2.32. The van der Waals surface area contributed by atoms with Crippen LogP contribution in [0.15, 0.2) is 94.0 Å². The SMILES string of the molecule is C=CC(/C=N/C1=CCC(C(=O)NCC2=CCC(F)C=C2)C=C1/N=C/CCCC(S)C(=O)O)=C\C=C\F. The molecule has 2 N–H and O–H groups in total. The number of aliphatic imine (C=N–C) groups is 2. The van der Waals surface area contributed by atoms with Gasteiger partial charge in [0.25, 0.3) is 0 Å². The number of allylic oxidation sites excluding steroid dienone is 7. The number of halogens is 2. The topological polar surface area (TPSA) is 91.1 Å². The average Bonchev–Trinajstić information content (AvgIpc) is 2.88. The molecule has 0 radical (unpaired) electrons. The van der Waals surface area contributed by atoms with Crippen LogP contribution in [0.2, 0.25) is 0 Å². The normalized spacial score (nSPS) is 21.4. The molecule has 0 saturated heterocycles. The summed E-state index contributed by atoms with van der Waals surface area (Å²) in [5.74, 6) is -1.61. The van der Waals surface area contributed by atoms with Crippen LogP contribution in [0.5, 0.6) is 0 Å². The number of carbonyl (C=O) groups is 2. The number of rotatable bonds is 13. The molecule has 1 amide bonds. The van der Waals surface area contributed by atoms with Crippen LogP contribution < -0.4 is 5.32 Å². The highest BCUT2D eigenvalue weighted by molar-refractivity contribution is 7.81. The van der Waals surface area contributed by atoms with Crippen molar-refractivity contribution >= 4 is 36.9 Å². The van der Waals surface area contributed by atoms with Gasteiger partial charge in [-0.3, -0.25) is 19.6 Å². The van der Waals surface area contributed by atoms with Gasteiger partial charge < -0.3 is 10.4 Å². The van der Waals surface area contributed by atoms with Crippen molar-refractivity contribution in [1.82, 2.24) is 5.32 Å². The number of carbonyl (C=O) groups excluding carboxylic acids is 1. The molecule has 0 spiro atoms. The van der Waals surface area contributed by atoms with E-state index in [1.807, 2.05) is 0 Å². The van der Waals surface area contributed by atoms with E-state index < -0.39 is 23.3 Å². The molecule has 0 heterocycles. The van der Waals surface area contributed by atoms with Crippen LogP contribution in [0.1, 0.15) is 32.1 Å². The van der Waals surface area contributed by atoms with Gasteiger partial charge in [0.05, 0.1) is 28.9 Å². The van der Waals surface area contributed by atoms with E-state index in [1.54, 1.807) is 30.5 Å². The molecular formula is C27H31F2N3O3S. The third kappa shape index (κ3) is 10.1. The fourth-order valence-electron chi connectivity index (χ4n) is 3.33. The van der Waals surface area contributed by atoms with Crippen LogP contribution in [-0.4, -0.2) is 47.4 Å². The number of aliphatic carboxylic acids is 1. The highest BCUT2D eigenvalue weighted by atomic mass is 32.1. The van der Waals surface area contributed by atoms with E-state index in [2.05, 4.69) is 34.5 Å². The number of amides is 1. The van der Waals surface area contributed by atoms with Crippen molar-refractivity contribution < 1.29 is 23.5 Å². The number of nitrogens with one attached hydrogen (secondary N) is 1. The lowest BCUT2D eigenvalue weighted by Gasteiger charge is -2.18. The minimum atomic E-state index is -0.984. The molecule has 3 atom stereocenters. The molecule has 2 aliphatic carbocycles. The fourth-order valence-corrected chi connectivity index (χ4v) is 3.51. The van der Waals surface area contributed by atoms with E-state index in [4.69, 9.17) is 5.11 Å². The Morgan fingerprint density at radius 3 is 2.75 bits per heavy atom. The van der Waals surface area contributed by atoms with Gasteiger partial charge in [-0.15, -0.1) is 0 Å². The smallest absolute Gasteiger partial charge is 0.316 e. The van der Waals surface area contributed by atoms with Crippen molar-refractivity contribution in [3.8, 4) is 0 Å². The van der Waals surface area contributed by atoms with E-state index in [0.29, 0.717) is 61.9 Å². The zero-order chi connectivity index (χ0) is 26.3. The van der Waals surface area contributed by atoms with Crippen molar-refractivity contribution in [2.75, 3.05) is 6.54 Å². The molecule has 3 unspecified atom stereocenters. The van der Waals surface area contributed by atoms with Gasteiger partial charge in [0.15, 0.2) is 0 Å². The van der Waals surface area contributed by atoms with Gasteiger partial charge >= 0.3 is 5.97 Å². The van der Waals surface area contributed by atoms with Crippen LogP contribution in [0.4, 0.5) is 8.78 Å². The zero-order valence-corrected chi connectivity index (χ0v) is 20.8. The Morgan fingerprint density at radius 2 is 2.08 bits per heavy atom. The first-order chi connectivity index (χ1) is 17.3. The standard InChI is InChI=1S/C27H31F2N3O3S/c1-2-19(6-5-14-28)17-31-23-13-10-21(26(33)32-18-20-8-11-22(29)12-9-20)16-24(23)30-15-4-3-7-25(36)27(34)35/h2,5-6,8-9,11,13-17,21-22,25,36H,1,3-4,7,10,12,18H2,(H,32,33)(H,34,35)/b14-5+,19-6+,30-15+,31-17+. The first kappa shape index (κ1) is 28.9. The number of nitrogens with zero attached hydrogens (tertiary/aromatic N) is 2. The van der Waals surface area contributed by atoms with Crippen LogP contribution in [0.25, 0.3) is 0 Å². The fraction of sp³-hybridized carbons (Fsp3) is 0.333. The molecule has 0 aromatic carbocycles. The third-order valence-electron chi connectivity index (χ3n) is 5.39. The number of alkyl halides is 1. The number of carboxylic acids is 1. The van der Waals surface area contributed by atoms with Gasteiger partial charge in [-0.2, -0.15) is 12.6 Å². The van der Waals surface area contributed by atoms with Gasteiger partial charge in [0, 0.05) is 25.4 Å². The molecule has 9 heteroatoms. The second kappa shape index (κ2) is 15.6. The van der Waals surface area contributed by atoms with Gasteiger partial charge in [0.2, 0.25) is 5.91 Å². The van der Waals surface area contributed by atoms with E-state index in [9.17, 15) is 18.4 Å². The number of thiol groups is 1. The Balaban J connectivity index is 2.10. The maximum absolute atomic E-state index is 13.2. The first-order valence-electron chi connectivity index (χ1n) is 11.6. The summed E-state index contributed by atoms with van der Waals surface area (Å²) in [5, 5.41) is 11.1. The lowest BCUT2D eigenvalue weighted by molar-refractivity contribution is -0.136. The van der Waals surface area contributed by atoms with E-state index in [-0.39, 0.29) is 5.91 Å². The van der Waals surface area contributed by atoms with Crippen molar-refractivity contribution in [1.29, 1.82) is 0 Å². The molecule has 2 rings (SSSR count). The Bertz CT molecular complexity index is 1050. The largest absolute Gasteiger partial charge is 0.480 e. The first-order valence-corrected chi connectivity index (χ1v) is 12.1. The lowest BCUT2D eigenvalue weighted by atomic mass is 9.96. The predicted octanol–water partition coefficient (Wildman–Crippen LogP) is 5.41. The zero-order valence-electron chi connectivity index (χ0n) is 19.9. The minimum absolute atomic E-state index is 0.183. The highest BCUT2D eigenvalue weighted by Gasteiger charge is 2.21. The molecule has 0 aromatic heterocycles. The van der Waals surface area contributed by atoms with Crippen molar-refractivity contribution in [3.63, 3.8) is 0 Å². The quantitative estimate of drug-likeness (QED) is 0.133. The van der Waals surface area contributed by atoms with Crippen LogP contribution in [0, 0.1) is 5.92 Å². The summed E-state index contributed by atoms with van der Waals surface area (Å²) >= 11 is 4.02. The number of hydrogen-bond acceptors (Lipinski definition) is 5. The van der Waals surface area contributed by atoms with E-state index >= 15 is 0 Å². The monoisotopic (exact) mass is 515 g/mol. The third-order valence-corrected chi connectivity index (χ3v) is 5.87. The summed E-state index contributed by atoms with van der Waals surface area (Å²) in [6, 6.07) is 0. The molecule has 0 fully saturated rings. The molecule has 0 aromatic rings. The molecule has 0 bridgehead atoms. The van der Waals surface area contributed by atoms with Crippen molar-refractivity contribution in [3.05, 3.63) is 84.1 Å². The van der Waals surface area contributed by atoms with Crippen molar-refractivity contribution in [2.45, 2.75) is 43.5 Å². The van der Waals surface area contributed by atoms with Crippen LogP contribution >= 0.6 is 12.6 Å². The van der Waals surface area contributed by atoms with Crippen molar-refractivity contribution in [2.24, 2.45) is 15.9 Å². The Morgan fingerprint density at radius 1 is 1.28 bits per heavy atom. The highest BCUT2D eigenvalue weighted by Crippen LogP contribution is 2.25. The summed E-state index contributed by atoms with van der Waals surface area (Å²) in [5.41, 5.74) is 2.49. The second-order valence-electron chi connectivity index (χ2n) is 8.14. The summed E-state index contributed by atoms with van der Waals surface area (Å²) in [4.78, 5) is 32.6. The summed E-state index contributed by atoms with van der Waals surface area (Å²) in [6.45, 7) is 3.99. The number of carboxylic acid groups (broad SMARTS) is 1. The molecular weight excluding hydrogens is 484 g/mol. The Hall–Kier alpha value is -3.33. The van der Waals surface area contributed by atoms with Crippen LogP contribution in [-0.2, 0) is 9.59 Å². The predicted molar refractivity (Wildman–Crippen MR) is 144 cm³/mol. The molecule has 6 nitrogen and oxygen atoms in total. The minimum Gasteiger partial charge on any atom is -0.480 e. The Kier molecular flexibility index (Phi) is 12.5. The van der Waals surface area contributed by atoms with E-state index in [1.165, 1.54) is 30.5 Å². The Labute approximate surface area is 215 Å².